The number of aliphatic hydroxyl groups excluding tert-OH is 2. The molecule has 17 nitrogen and oxygen atoms in total. The number of allylic oxidation sites excluding steroid dienone is 7. The monoisotopic (exact) mass is 1260 g/mol. The summed E-state index contributed by atoms with van der Waals surface area (Å²) >= 11 is 0.956. The molecule has 0 aromatic heterocycles. The van der Waals surface area contributed by atoms with Gasteiger partial charge in [0.25, 0.3) is 11.7 Å². The second-order valence-corrected chi connectivity index (χ2v) is 25.8. The van der Waals surface area contributed by atoms with Gasteiger partial charge in [-0.15, -0.1) is 0 Å². The number of esters is 1. The Labute approximate surface area is 526 Å². The minimum Gasteiger partial charge on any atom is -0.460 e. The fraction of sp³-hybridized carbons (Fsp3) is 0.588. The first-order chi connectivity index (χ1) is 42.2. The van der Waals surface area contributed by atoms with Crippen molar-refractivity contribution in [2.45, 2.75) is 191 Å². The molecule has 21 heteroatoms. The number of Topliss-reactive ketones (excluding diaryl/α,β-unsaturated/α-hetero) is 3. The summed E-state index contributed by atoms with van der Waals surface area (Å²) in [4.78, 5) is 73.8. The van der Waals surface area contributed by atoms with E-state index in [-0.39, 0.29) is 78.1 Å². The highest BCUT2D eigenvalue weighted by atomic mass is 32.2. The molecular formula is C68H91F3N4O13S. The first kappa shape index (κ1) is 72.1. The van der Waals surface area contributed by atoms with Gasteiger partial charge in [0.2, 0.25) is 5.79 Å². The van der Waals surface area contributed by atoms with Crippen LogP contribution in [-0.4, -0.2) is 138 Å². The zero-order chi connectivity index (χ0) is 65.3. The number of thioether (sulfide) groups is 1. The third kappa shape index (κ3) is 19.5. The Morgan fingerprint density at radius 1 is 0.910 bits per heavy atom. The van der Waals surface area contributed by atoms with Crippen LogP contribution in [0, 0.1) is 46.8 Å². The number of hydrogen-bond donors (Lipinski definition) is 5. The smallest absolute Gasteiger partial charge is 0.417 e. The maximum Gasteiger partial charge on any atom is 0.417 e. The molecule has 3 aliphatic heterocycles. The van der Waals surface area contributed by atoms with Gasteiger partial charge in [-0.05, 0) is 137 Å². The van der Waals surface area contributed by atoms with Gasteiger partial charge in [0.1, 0.15) is 36.2 Å². The topological polar surface area (TPSA) is 257 Å². The Balaban J connectivity index is 1.25. The van der Waals surface area contributed by atoms with Crippen molar-refractivity contribution in [2.75, 3.05) is 39.2 Å². The van der Waals surface area contributed by atoms with E-state index in [9.17, 15) is 57.7 Å². The highest BCUT2D eigenvalue weighted by Gasteiger charge is 2.53. The molecule has 3 fully saturated rings. The molecule has 2 aromatic carbocycles. The van der Waals surface area contributed by atoms with Gasteiger partial charge in [-0.2, -0.15) is 18.4 Å². The predicted molar refractivity (Wildman–Crippen MR) is 333 cm³/mol. The van der Waals surface area contributed by atoms with Gasteiger partial charge >= 0.3 is 12.1 Å². The number of amides is 1. The molecule has 2 bridgehead atoms. The summed E-state index contributed by atoms with van der Waals surface area (Å²) in [7, 11) is 2.90. The number of ketones is 3. The van der Waals surface area contributed by atoms with Gasteiger partial charge in [0, 0.05) is 74.1 Å². The normalized spacial score (nSPS) is 32.4. The van der Waals surface area contributed by atoms with Gasteiger partial charge in [-0.1, -0.05) is 101 Å². The molecule has 6 N–H and O–H groups in total. The van der Waals surface area contributed by atoms with E-state index >= 15 is 0 Å². The van der Waals surface area contributed by atoms with Crippen molar-refractivity contribution in [3.8, 4) is 6.07 Å². The molecule has 15 atom stereocenters. The summed E-state index contributed by atoms with van der Waals surface area (Å²) in [6.45, 7) is 12.9. The van der Waals surface area contributed by atoms with E-state index in [0.29, 0.717) is 80.5 Å². The first-order valence-corrected chi connectivity index (χ1v) is 31.9. The number of alkyl halides is 3. The third-order valence-corrected chi connectivity index (χ3v) is 18.8. The van der Waals surface area contributed by atoms with E-state index in [2.05, 4.69) is 5.32 Å². The number of fused-ring (bicyclic) bond motifs is 3. The number of nitrogens with one attached hydrogen (secondary N) is 1. The number of methoxy groups -OCH3 is 2. The predicted octanol–water partition coefficient (Wildman–Crippen LogP) is 10.6. The molecule has 1 unspecified atom stereocenters. The largest absolute Gasteiger partial charge is 0.460 e. The molecule has 3 heterocycles. The minimum atomic E-state index is -4.69. The van der Waals surface area contributed by atoms with E-state index in [1.165, 1.54) is 25.3 Å². The van der Waals surface area contributed by atoms with Gasteiger partial charge in [0.15, 0.2) is 5.78 Å². The molecule has 0 spiro atoms. The van der Waals surface area contributed by atoms with Crippen LogP contribution in [-0.2, 0) is 53.8 Å². The number of nitrogens with zero attached hydrogens (tertiary/aromatic N) is 2. The molecule has 1 amide bonds. The maximum atomic E-state index is 14.6. The number of aliphatic hydroxyl groups is 3. The lowest BCUT2D eigenvalue weighted by Crippen LogP contribution is -2.61. The molecular weight excluding hydrogens is 1170 g/mol. The molecule has 6 rings (SSSR count). The fourth-order valence-corrected chi connectivity index (χ4v) is 13.2. The second-order valence-electron chi connectivity index (χ2n) is 24.7. The molecule has 4 aliphatic rings. The number of rotatable bonds is 13. The van der Waals surface area contributed by atoms with Crippen molar-refractivity contribution in [2.24, 2.45) is 41.2 Å². The van der Waals surface area contributed by atoms with Gasteiger partial charge < -0.3 is 55.0 Å². The second kappa shape index (κ2) is 33.4. The summed E-state index contributed by atoms with van der Waals surface area (Å²) in [5.41, 5.74) is 6.45. The number of piperidine rings is 1. The number of anilines is 1. The quantitative estimate of drug-likeness (QED) is 0.0312. The number of carbonyl (C=O) groups excluding carboxylic acids is 5. The number of cyclic esters (lactones) is 1. The molecule has 0 radical (unpaired) electrons. The summed E-state index contributed by atoms with van der Waals surface area (Å²) < 4.78 is 71.8. The van der Waals surface area contributed by atoms with Crippen LogP contribution in [0.5, 0.6) is 0 Å². The lowest BCUT2D eigenvalue weighted by molar-refractivity contribution is -0.266. The van der Waals surface area contributed by atoms with Crippen LogP contribution in [0.1, 0.15) is 137 Å². The van der Waals surface area contributed by atoms with Gasteiger partial charge in [0.05, 0.1) is 47.2 Å². The Morgan fingerprint density at radius 3 is 2.31 bits per heavy atom. The molecule has 488 valence electrons. The number of nitriles is 1. The average molecular weight is 1260 g/mol. The first-order valence-electron chi connectivity index (χ1n) is 31.0. The van der Waals surface area contributed by atoms with Gasteiger partial charge in [-0.25, -0.2) is 4.79 Å². The highest BCUT2D eigenvalue weighted by Crippen LogP contribution is 2.40. The zero-order valence-corrected chi connectivity index (χ0v) is 53.5. The average Bonchev–Trinajstić information content (AvgIpc) is 2.57. The minimum absolute atomic E-state index is 0.0188. The van der Waals surface area contributed by atoms with Crippen molar-refractivity contribution in [3.63, 3.8) is 0 Å². The van der Waals surface area contributed by atoms with Crippen LogP contribution in [0.25, 0.3) is 5.57 Å². The van der Waals surface area contributed by atoms with E-state index in [4.69, 9.17) is 29.4 Å². The van der Waals surface area contributed by atoms with Crippen molar-refractivity contribution < 1.29 is 76.1 Å². The Kier molecular flexibility index (Phi) is 27.0. The van der Waals surface area contributed by atoms with Crippen LogP contribution in [0.2, 0.25) is 0 Å². The summed E-state index contributed by atoms with van der Waals surface area (Å²) in [5.74, 6) is -8.81. The number of ether oxygens (including phenoxy) is 5. The van der Waals surface area contributed by atoms with E-state index in [0.717, 1.165) is 28.3 Å². The summed E-state index contributed by atoms with van der Waals surface area (Å²) in [5, 5.41) is 47.5. The molecule has 2 saturated heterocycles. The standard InChI is InChI=1S/C68H91F3N4O13S/c1-40-17-11-10-12-18-41(2)57(86-32-30-74-48-24-27-50(28-25-48)89-64(73)52(39-72)51-19-13-14-20-53(51)68(69,70)71)37-49-26-22-46(7)67(83,88-49)63(80)65(81)75-31-16-15-21-54(75)66(82)87-58(43(4)35-47-23-29-55(76)59(36-47)84-8)38-56(77)42(3)34-45(6)61(79)62(85-9)60(78)44(5)33-40/h10-14,17-20,24-25,27-28,34,40,42-44,46-47,49,54-55,57-59,61-62,74,76,79,83H,15-16,21-23,26,29-33,35-38,73H2,1-9H3/b12-10+,17-11+,41-18?,45-34+,64-52+/t40-,42-,43?,44-,46-,47-,49+,54+,55-,57-,58+,59-,61-,62+,67-/m1/s1. The van der Waals surface area contributed by atoms with E-state index in [1.807, 2.05) is 57.2 Å². The molecule has 89 heavy (non-hydrogen) atoms. The Bertz CT molecular complexity index is 2960. The van der Waals surface area contributed by atoms with E-state index < -0.39 is 102 Å². The highest BCUT2D eigenvalue weighted by molar-refractivity contribution is 8.03. The SMILES string of the molecule is CO[C@@H]1C[C@@H](CC(C)[C@@H]2CC(=O)[C@H](C)/C=C(\C)[C@@H](O)[C@@H](OC)C(=O)[C@H](C)C[C@H](C)/C=C/C=C/C=C(C)[C@H](OCCNc3ccc(S/C(N)=C(\C#N)c4ccccc4C(F)(F)F)cc3)C[C@@H]3CC[C@@H](C)[C@@](O)(O3)C(=O)C(=O)N3CCCC[C@H]3C(=O)O2)CC[C@H]1O. The zero-order valence-electron chi connectivity index (χ0n) is 52.7. The summed E-state index contributed by atoms with van der Waals surface area (Å²) in [6.07, 6.45) is 4.79. The molecule has 1 saturated carbocycles. The van der Waals surface area contributed by atoms with Crippen molar-refractivity contribution in [1.29, 1.82) is 5.26 Å². The maximum absolute atomic E-state index is 14.6. The number of hydrogen-bond acceptors (Lipinski definition) is 17. The van der Waals surface area contributed by atoms with Crippen LogP contribution in [0.4, 0.5) is 18.9 Å². The van der Waals surface area contributed by atoms with Crippen LogP contribution in [0.3, 0.4) is 0 Å². The lowest BCUT2D eigenvalue weighted by Gasteiger charge is -2.43. The van der Waals surface area contributed by atoms with Crippen molar-refractivity contribution >= 4 is 52.2 Å². The third-order valence-electron chi connectivity index (χ3n) is 17.9. The number of halogens is 3. The Hall–Kier alpha value is -5.96. The number of nitrogens with two attached hydrogens (primary N) is 1. The lowest BCUT2D eigenvalue weighted by atomic mass is 9.78. The Morgan fingerprint density at radius 2 is 1.63 bits per heavy atom. The van der Waals surface area contributed by atoms with Crippen molar-refractivity contribution in [1.82, 2.24) is 4.90 Å². The van der Waals surface area contributed by atoms with Crippen molar-refractivity contribution in [3.05, 3.63) is 112 Å². The van der Waals surface area contributed by atoms with E-state index in [1.54, 1.807) is 65.1 Å². The number of carbonyl (C=O) groups is 5. The fourth-order valence-electron chi connectivity index (χ4n) is 12.4. The van der Waals surface area contributed by atoms with Crippen LogP contribution in [0.15, 0.2) is 106 Å². The summed E-state index contributed by atoms with van der Waals surface area (Å²) in [6, 6.07) is 12.3. The number of benzene rings is 2. The van der Waals surface area contributed by atoms with Gasteiger partial charge in [-0.3, -0.25) is 19.2 Å². The van der Waals surface area contributed by atoms with Crippen LogP contribution < -0.4 is 11.1 Å². The van der Waals surface area contributed by atoms with Crippen LogP contribution >= 0.6 is 11.8 Å². The molecule has 2 aromatic rings. The molecule has 1 aliphatic carbocycles.